The Kier molecular flexibility index (Phi) is 7.23. The molecule has 0 unspecified atom stereocenters. The molecule has 3 aromatic rings. The summed E-state index contributed by atoms with van der Waals surface area (Å²) < 4.78 is 27.5. The Hall–Kier alpha value is -2.69. The Morgan fingerprint density at radius 3 is 2.69 bits per heavy atom. The van der Waals surface area contributed by atoms with Crippen molar-refractivity contribution in [1.29, 1.82) is 0 Å². The number of fused-ring (bicyclic) bond motifs is 1. The fourth-order valence-corrected chi connectivity index (χ4v) is 4.01. The SMILES string of the molecule is CN1CCN(c2ccnc3nc(CN(CCCCN)Cc4ncc(F)cc4F)[nH]c23)CC1. The highest BCUT2D eigenvalue weighted by molar-refractivity contribution is 5.86. The van der Waals surface area contributed by atoms with Crippen LogP contribution in [0.2, 0.25) is 0 Å². The first-order valence-corrected chi connectivity index (χ1v) is 11.0. The minimum Gasteiger partial charge on any atom is -0.367 e. The summed E-state index contributed by atoms with van der Waals surface area (Å²) in [6, 6.07) is 2.89. The molecule has 1 aliphatic heterocycles. The number of H-pyrrole nitrogens is 1. The first kappa shape index (κ1) is 22.5. The van der Waals surface area contributed by atoms with Crippen LogP contribution in [0.3, 0.4) is 0 Å². The fourth-order valence-electron chi connectivity index (χ4n) is 4.01. The third kappa shape index (κ3) is 5.37. The van der Waals surface area contributed by atoms with Crippen LogP contribution < -0.4 is 10.6 Å². The monoisotopic (exact) mass is 444 g/mol. The van der Waals surface area contributed by atoms with Gasteiger partial charge in [-0.1, -0.05) is 0 Å². The number of imidazole rings is 1. The maximum atomic E-state index is 14.2. The van der Waals surface area contributed by atoms with Crippen LogP contribution in [0.15, 0.2) is 24.5 Å². The molecule has 1 aliphatic rings. The van der Waals surface area contributed by atoms with E-state index in [4.69, 9.17) is 5.73 Å². The number of aromatic nitrogens is 4. The Morgan fingerprint density at radius 2 is 1.94 bits per heavy atom. The molecule has 4 heterocycles. The van der Waals surface area contributed by atoms with Gasteiger partial charge in [-0.2, -0.15) is 0 Å². The Morgan fingerprint density at radius 1 is 1.12 bits per heavy atom. The predicted molar refractivity (Wildman–Crippen MR) is 120 cm³/mol. The molecule has 1 fully saturated rings. The number of likely N-dealkylation sites (N-methyl/N-ethyl adjacent to an activating group) is 1. The van der Waals surface area contributed by atoms with Gasteiger partial charge in [0, 0.05) is 45.0 Å². The number of aromatic amines is 1. The van der Waals surface area contributed by atoms with Gasteiger partial charge in [0.25, 0.3) is 0 Å². The van der Waals surface area contributed by atoms with Crippen molar-refractivity contribution < 1.29 is 8.78 Å². The molecule has 0 aromatic carbocycles. The third-order valence-corrected chi connectivity index (χ3v) is 5.82. The van der Waals surface area contributed by atoms with Crippen molar-refractivity contribution in [1.82, 2.24) is 29.7 Å². The van der Waals surface area contributed by atoms with Crippen molar-refractivity contribution in [2.45, 2.75) is 25.9 Å². The molecular formula is C22H30F2N8. The first-order valence-electron chi connectivity index (χ1n) is 11.0. The maximum Gasteiger partial charge on any atom is 0.179 e. The molecule has 0 radical (unpaired) electrons. The largest absolute Gasteiger partial charge is 0.367 e. The lowest BCUT2D eigenvalue weighted by Crippen LogP contribution is -2.44. The van der Waals surface area contributed by atoms with E-state index in [-0.39, 0.29) is 12.2 Å². The second-order valence-electron chi connectivity index (χ2n) is 8.29. The molecule has 3 aromatic heterocycles. The van der Waals surface area contributed by atoms with E-state index in [0.717, 1.165) is 68.3 Å². The minimum absolute atomic E-state index is 0.214. The Balaban J connectivity index is 1.54. The van der Waals surface area contributed by atoms with Gasteiger partial charge in [-0.25, -0.2) is 18.7 Å². The molecule has 4 rings (SSSR count). The van der Waals surface area contributed by atoms with Gasteiger partial charge in [0.05, 0.1) is 24.1 Å². The number of nitrogens with one attached hydrogen (secondary N) is 1. The number of nitrogens with zero attached hydrogens (tertiary/aromatic N) is 6. The van der Waals surface area contributed by atoms with Gasteiger partial charge < -0.3 is 20.5 Å². The van der Waals surface area contributed by atoms with E-state index in [1.165, 1.54) is 0 Å². The highest BCUT2D eigenvalue weighted by Crippen LogP contribution is 2.25. The fraction of sp³-hybridized carbons (Fsp3) is 0.500. The molecule has 0 atom stereocenters. The summed E-state index contributed by atoms with van der Waals surface area (Å²) in [5.74, 6) is -0.567. The predicted octanol–water partition coefficient (Wildman–Crippen LogP) is 2.12. The number of nitrogens with two attached hydrogens (primary N) is 1. The molecule has 172 valence electrons. The molecule has 10 heteroatoms. The van der Waals surface area contributed by atoms with Gasteiger partial charge in [0.1, 0.15) is 23.0 Å². The van der Waals surface area contributed by atoms with E-state index in [0.29, 0.717) is 25.3 Å². The molecule has 0 bridgehead atoms. The zero-order valence-electron chi connectivity index (χ0n) is 18.4. The van der Waals surface area contributed by atoms with Crippen LogP contribution in [0.25, 0.3) is 11.2 Å². The minimum atomic E-state index is -0.680. The highest BCUT2D eigenvalue weighted by atomic mass is 19.1. The van der Waals surface area contributed by atoms with Crippen LogP contribution >= 0.6 is 0 Å². The van der Waals surface area contributed by atoms with Crippen LogP contribution in [0.1, 0.15) is 24.4 Å². The summed E-state index contributed by atoms with van der Waals surface area (Å²) >= 11 is 0. The topological polar surface area (TPSA) is 90.2 Å². The average molecular weight is 445 g/mol. The summed E-state index contributed by atoms with van der Waals surface area (Å²) in [5, 5.41) is 0. The number of unbranched alkanes of at least 4 members (excludes halogenated alkanes) is 1. The molecule has 0 amide bonds. The van der Waals surface area contributed by atoms with Crippen LogP contribution in [-0.2, 0) is 13.1 Å². The van der Waals surface area contributed by atoms with Gasteiger partial charge in [-0.15, -0.1) is 0 Å². The molecule has 32 heavy (non-hydrogen) atoms. The third-order valence-electron chi connectivity index (χ3n) is 5.82. The normalized spacial score (nSPS) is 15.2. The number of rotatable bonds is 9. The van der Waals surface area contributed by atoms with E-state index in [1.54, 1.807) is 6.20 Å². The van der Waals surface area contributed by atoms with Crippen LogP contribution in [0.4, 0.5) is 14.5 Å². The molecule has 1 saturated heterocycles. The van der Waals surface area contributed by atoms with E-state index in [2.05, 4.69) is 36.8 Å². The molecular weight excluding hydrogens is 414 g/mol. The molecule has 8 nitrogen and oxygen atoms in total. The second-order valence-corrected chi connectivity index (χ2v) is 8.29. The van der Waals surface area contributed by atoms with Gasteiger partial charge in [0.15, 0.2) is 5.65 Å². The van der Waals surface area contributed by atoms with Crippen LogP contribution in [-0.4, -0.2) is 76.1 Å². The summed E-state index contributed by atoms with van der Waals surface area (Å²) in [4.78, 5) is 23.2. The summed E-state index contributed by atoms with van der Waals surface area (Å²) in [7, 11) is 2.13. The standard InChI is InChI=1S/C22H30F2N8/c1-30-8-10-32(11-9-30)19-4-6-26-22-21(19)28-20(29-22)15-31(7-3-2-5-25)14-18-17(24)12-16(23)13-27-18/h4,6,12-13H,2-3,5,7-11,14-15,25H2,1H3,(H,26,28,29). The van der Waals surface area contributed by atoms with Gasteiger partial charge in [-0.3, -0.25) is 9.88 Å². The number of anilines is 1. The summed E-state index contributed by atoms with van der Waals surface area (Å²) in [5.41, 5.74) is 8.54. The van der Waals surface area contributed by atoms with Gasteiger partial charge in [-0.05, 0) is 39.0 Å². The number of halogens is 2. The number of hydrogen-bond donors (Lipinski definition) is 2. The van der Waals surface area contributed by atoms with Gasteiger partial charge >= 0.3 is 0 Å². The van der Waals surface area contributed by atoms with E-state index in [1.807, 2.05) is 11.0 Å². The summed E-state index contributed by atoms with van der Waals surface area (Å²) in [6.07, 6.45) is 4.57. The highest BCUT2D eigenvalue weighted by Gasteiger charge is 2.20. The smallest absolute Gasteiger partial charge is 0.179 e. The van der Waals surface area contributed by atoms with E-state index in [9.17, 15) is 8.78 Å². The molecule has 3 N–H and O–H groups in total. The van der Waals surface area contributed by atoms with Crippen molar-refractivity contribution in [3.05, 3.63) is 47.7 Å². The lowest BCUT2D eigenvalue weighted by molar-refractivity contribution is 0.239. The second kappa shape index (κ2) is 10.3. The van der Waals surface area contributed by atoms with E-state index >= 15 is 0 Å². The number of piperazine rings is 1. The number of pyridine rings is 2. The van der Waals surface area contributed by atoms with Crippen LogP contribution in [0, 0.1) is 11.6 Å². The lowest BCUT2D eigenvalue weighted by Gasteiger charge is -2.34. The molecule has 0 saturated carbocycles. The Labute approximate surface area is 186 Å². The van der Waals surface area contributed by atoms with E-state index < -0.39 is 11.6 Å². The van der Waals surface area contributed by atoms with Crippen molar-refractivity contribution >= 4 is 16.9 Å². The van der Waals surface area contributed by atoms with Crippen molar-refractivity contribution in [2.75, 3.05) is 51.2 Å². The quantitative estimate of drug-likeness (QED) is 0.489. The summed E-state index contributed by atoms with van der Waals surface area (Å²) in [6.45, 7) is 5.95. The molecule has 0 spiro atoms. The van der Waals surface area contributed by atoms with Crippen molar-refractivity contribution in [3.63, 3.8) is 0 Å². The average Bonchev–Trinajstić information content (AvgIpc) is 3.19. The Bertz CT molecular complexity index is 1030. The van der Waals surface area contributed by atoms with Crippen molar-refractivity contribution in [3.8, 4) is 0 Å². The molecule has 0 aliphatic carbocycles. The van der Waals surface area contributed by atoms with Gasteiger partial charge in [0.2, 0.25) is 0 Å². The zero-order valence-corrected chi connectivity index (χ0v) is 18.4. The first-order chi connectivity index (χ1) is 15.5. The van der Waals surface area contributed by atoms with Crippen LogP contribution in [0.5, 0.6) is 0 Å². The lowest BCUT2D eigenvalue weighted by atomic mass is 10.2. The van der Waals surface area contributed by atoms with Crippen molar-refractivity contribution in [2.24, 2.45) is 5.73 Å². The zero-order chi connectivity index (χ0) is 22.5. The maximum absolute atomic E-state index is 14.2. The number of hydrogen-bond acceptors (Lipinski definition) is 7.